The number of carbonyl (C=O) groups is 3. The third-order valence-corrected chi connectivity index (χ3v) is 7.96. The van der Waals surface area contributed by atoms with E-state index >= 15 is 0 Å². The number of fused-ring (bicyclic) bond motifs is 4. The average molecular weight is 585 g/mol. The Labute approximate surface area is 250 Å². The monoisotopic (exact) mass is 584 g/mol. The molecule has 2 fully saturated rings. The van der Waals surface area contributed by atoms with Crippen molar-refractivity contribution in [3.63, 3.8) is 0 Å². The van der Waals surface area contributed by atoms with E-state index in [4.69, 9.17) is 23.7 Å². The number of esters is 3. The summed E-state index contributed by atoms with van der Waals surface area (Å²) in [6, 6.07) is 0. The van der Waals surface area contributed by atoms with E-state index in [1.807, 2.05) is 44.2 Å². The Bertz CT molecular complexity index is 1070. The first kappa shape index (κ1) is 33.5. The maximum absolute atomic E-state index is 13.2. The highest BCUT2D eigenvalue weighted by Crippen LogP contribution is 2.33. The number of allylic oxidation sites excluding steroid dienone is 5. The molecule has 0 aromatic rings. The average Bonchev–Trinajstić information content (AvgIpc) is 2.94. The van der Waals surface area contributed by atoms with Crippen LogP contribution in [0.1, 0.15) is 78.6 Å². The zero-order valence-corrected chi connectivity index (χ0v) is 25.8. The SMILES string of the molecule is COC(=O)C=C1CC2CC(=O)OC(/C=C/C=CC=C(C)CC(=O)OC)C(C)C=CC(C)CC3CCCC(CC(C1)O2)O3. The zero-order chi connectivity index (χ0) is 30.5. The molecular formula is C34H48O8. The second kappa shape index (κ2) is 17.2. The highest BCUT2D eigenvalue weighted by atomic mass is 16.6. The normalized spacial score (nSPS) is 32.6. The van der Waals surface area contributed by atoms with E-state index in [0.29, 0.717) is 18.8 Å². The third-order valence-electron chi connectivity index (χ3n) is 7.96. The molecule has 2 saturated heterocycles. The molecule has 0 aliphatic carbocycles. The topological polar surface area (TPSA) is 97.4 Å². The Morgan fingerprint density at radius 1 is 0.905 bits per heavy atom. The molecule has 3 rings (SSSR count). The molecule has 3 heterocycles. The molecule has 0 N–H and O–H groups in total. The number of hydrogen-bond acceptors (Lipinski definition) is 8. The van der Waals surface area contributed by atoms with E-state index in [-0.39, 0.29) is 49.0 Å². The predicted molar refractivity (Wildman–Crippen MR) is 160 cm³/mol. The van der Waals surface area contributed by atoms with Crippen molar-refractivity contribution in [1.82, 2.24) is 0 Å². The summed E-state index contributed by atoms with van der Waals surface area (Å²) >= 11 is 0. The summed E-state index contributed by atoms with van der Waals surface area (Å²) in [6.45, 7) is 6.10. The van der Waals surface area contributed by atoms with Crippen molar-refractivity contribution in [2.24, 2.45) is 11.8 Å². The van der Waals surface area contributed by atoms with Gasteiger partial charge >= 0.3 is 17.9 Å². The van der Waals surface area contributed by atoms with Gasteiger partial charge in [0, 0.05) is 18.4 Å². The van der Waals surface area contributed by atoms with Crippen LogP contribution in [0.3, 0.4) is 0 Å². The van der Waals surface area contributed by atoms with Gasteiger partial charge in [-0.15, -0.1) is 0 Å². The van der Waals surface area contributed by atoms with Crippen LogP contribution in [0.5, 0.6) is 0 Å². The lowest BCUT2D eigenvalue weighted by atomic mass is 9.89. The summed E-state index contributed by atoms with van der Waals surface area (Å²) in [5.74, 6) is -0.764. The molecule has 8 nitrogen and oxygen atoms in total. The van der Waals surface area contributed by atoms with Gasteiger partial charge in [-0.05, 0) is 57.4 Å². The third kappa shape index (κ3) is 11.7. The van der Waals surface area contributed by atoms with E-state index in [1.54, 1.807) is 0 Å². The Morgan fingerprint density at radius 2 is 1.62 bits per heavy atom. The van der Waals surface area contributed by atoms with E-state index < -0.39 is 18.2 Å². The van der Waals surface area contributed by atoms with Crippen LogP contribution in [0.2, 0.25) is 0 Å². The molecule has 0 aromatic heterocycles. The van der Waals surface area contributed by atoms with Gasteiger partial charge in [-0.2, -0.15) is 0 Å². The van der Waals surface area contributed by atoms with Crippen LogP contribution in [0.4, 0.5) is 0 Å². The van der Waals surface area contributed by atoms with E-state index in [1.165, 1.54) is 20.3 Å². The predicted octanol–water partition coefficient (Wildman–Crippen LogP) is 6.12. The van der Waals surface area contributed by atoms with Gasteiger partial charge in [-0.25, -0.2) is 4.79 Å². The lowest BCUT2D eigenvalue weighted by Gasteiger charge is -2.37. The van der Waals surface area contributed by atoms with Crippen LogP contribution in [0, 0.1) is 11.8 Å². The van der Waals surface area contributed by atoms with Crippen LogP contribution in [0.25, 0.3) is 0 Å². The molecule has 4 bridgehead atoms. The molecule has 0 saturated carbocycles. The lowest BCUT2D eigenvalue weighted by molar-refractivity contribution is -0.154. The van der Waals surface area contributed by atoms with Crippen molar-refractivity contribution in [3.05, 3.63) is 59.8 Å². The largest absolute Gasteiger partial charge is 0.469 e. The van der Waals surface area contributed by atoms with Gasteiger partial charge in [0.1, 0.15) is 6.10 Å². The fraction of sp³-hybridized carbons (Fsp3) is 0.618. The van der Waals surface area contributed by atoms with Gasteiger partial charge in [0.15, 0.2) is 0 Å². The van der Waals surface area contributed by atoms with Crippen molar-refractivity contribution >= 4 is 17.9 Å². The lowest BCUT2D eigenvalue weighted by Crippen LogP contribution is -2.37. The molecule has 7 unspecified atom stereocenters. The first-order valence-corrected chi connectivity index (χ1v) is 15.2. The van der Waals surface area contributed by atoms with Crippen LogP contribution in [-0.4, -0.2) is 62.6 Å². The molecule has 232 valence electrons. The Kier molecular flexibility index (Phi) is 13.7. The van der Waals surface area contributed by atoms with Crippen LogP contribution in [-0.2, 0) is 38.1 Å². The Hall–Kier alpha value is -2.97. The van der Waals surface area contributed by atoms with Gasteiger partial charge < -0.3 is 23.7 Å². The molecule has 0 amide bonds. The molecule has 3 aliphatic rings. The minimum Gasteiger partial charge on any atom is -0.469 e. The summed E-state index contributed by atoms with van der Waals surface area (Å²) < 4.78 is 28.5. The first-order chi connectivity index (χ1) is 20.1. The van der Waals surface area contributed by atoms with Gasteiger partial charge in [-0.1, -0.05) is 61.4 Å². The van der Waals surface area contributed by atoms with Crippen LogP contribution in [0.15, 0.2) is 59.8 Å². The van der Waals surface area contributed by atoms with Crippen LogP contribution >= 0.6 is 0 Å². The Balaban J connectivity index is 1.80. The maximum Gasteiger partial charge on any atom is 0.330 e. The summed E-state index contributed by atoms with van der Waals surface area (Å²) in [7, 11) is 2.74. The van der Waals surface area contributed by atoms with Crippen molar-refractivity contribution in [3.8, 4) is 0 Å². The fourth-order valence-corrected chi connectivity index (χ4v) is 5.75. The number of cyclic esters (lactones) is 1. The van der Waals surface area contributed by atoms with Gasteiger partial charge in [0.25, 0.3) is 0 Å². The molecule has 8 heteroatoms. The minimum atomic E-state index is -0.474. The highest BCUT2D eigenvalue weighted by Gasteiger charge is 2.33. The van der Waals surface area contributed by atoms with E-state index in [9.17, 15) is 14.4 Å². The van der Waals surface area contributed by atoms with Crippen molar-refractivity contribution in [2.45, 2.75) is 109 Å². The minimum absolute atomic E-state index is 0.0552. The van der Waals surface area contributed by atoms with Gasteiger partial charge in [-0.3, -0.25) is 9.59 Å². The number of ether oxygens (including phenoxy) is 5. The Morgan fingerprint density at radius 3 is 2.36 bits per heavy atom. The van der Waals surface area contributed by atoms with Crippen LogP contribution < -0.4 is 0 Å². The number of methoxy groups -OCH3 is 2. The number of carbonyl (C=O) groups excluding carboxylic acids is 3. The summed E-state index contributed by atoms with van der Waals surface area (Å²) in [5.41, 5.74) is 1.80. The van der Waals surface area contributed by atoms with Crippen molar-refractivity contribution < 1.29 is 38.1 Å². The van der Waals surface area contributed by atoms with Gasteiger partial charge in [0.05, 0.1) is 51.5 Å². The van der Waals surface area contributed by atoms with Crippen molar-refractivity contribution in [2.75, 3.05) is 14.2 Å². The molecule has 7 atom stereocenters. The smallest absolute Gasteiger partial charge is 0.330 e. The van der Waals surface area contributed by atoms with Gasteiger partial charge in [0.2, 0.25) is 0 Å². The molecule has 0 spiro atoms. The second-order valence-corrected chi connectivity index (χ2v) is 11.8. The first-order valence-electron chi connectivity index (χ1n) is 15.2. The molecular weight excluding hydrogens is 536 g/mol. The second-order valence-electron chi connectivity index (χ2n) is 11.8. The highest BCUT2D eigenvalue weighted by molar-refractivity contribution is 5.82. The van der Waals surface area contributed by atoms with Crippen molar-refractivity contribution in [1.29, 1.82) is 0 Å². The summed E-state index contributed by atoms with van der Waals surface area (Å²) in [5, 5.41) is 0. The molecule has 3 aliphatic heterocycles. The number of hydrogen-bond donors (Lipinski definition) is 0. The summed E-state index contributed by atoms with van der Waals surface area (Å²) in [4.78, 5) is 36.7. The van der Waals surface area contributed by atoms with E-state index in [0.717, 1.165) is 43.3 Å². The fourth-order valence-electron chi connectivity index (χ4n) is 5.75. The molecule has 0 aromatic carbocycles. The summed E-state index contributed by atoms with van der Waals surface area (Å²) in [6.07, 6.45) is 20.7. The zero-order valence-electron chi connectivity index (χ0n) is 25.8. The number of rotatable bonds is 6. The maximum atomic E-state index is 13.2. The molecule has 42 heavy (non-hydrogen) atoms. The quantitative estimate of drug-likeness (QED) is 0.121. The van der Waals surface area contributed by atoms with E-state index in [2.05, 4.69) is 19.1 Å². The molecule has 0 radical (unpaired) electrons. The standard InChI is InChI=1S/C34H48O8/c1-23(17-32(35)38-4)10-7-6-8-13-31-25(3)15-14-24(2)16-27-11-9-12-28(40-27)21-29-18-26(20-33(36)39-5)19-30(41-29)22-34(37)42-31/h6-8,10,13-15,20,24-25,27-31H,9,11-12,16-19,21-22H2,1-5H3/b7-6?,13-8+,15-14?,23-10?,26-20?.